The minimum Gasteiger partial charge on any atom is -0.355 e. The Bertz CT molecular complexity index is 329. The molecule has 2 heterocycles. The molecule has 1 aromatic rings. The summed E-state index contributed by atoms with van der Waals surface area (Å²) in [7, 11) is 0. The lowest BCUT2D eigenvalue weighted by atomic mass is 10.0. The molecular weight excluding hydrogens is 210 g/mol. The summed E-state index contributed by atoms with van der Waals surface area (Å²) in [6, 6.07) is 2.09. The highest BCUT2D eigenvalue weighted by Crippen LogP contribution is 2.22. The van der Waals surface area contributed by atoms with Crippen molar-refractivity contribution in [2.45, 2.75) is 19.8 Å². The fourth-order valence-electron chi connectivity index (χ4n) is 2.00. The molecule has 1 atom stereocenters. The van der Waals surface area contributed by atoms with Crippen LogP contribution in [0.5, 0.6) is 0 Å². The van der Waals surface area contributed by atoms with Crippen molar-refractivity contribution >= 4 is 17.4 Å². The van der Waals surface area contributed by atoms with E-state index in [1.54, 1.807) is 6.20 Å². The molecule has 0 aromatic carbocycles. The Morgan fingerprint density at radius 2 is 2.47 bits per heavy atom. The van der Waals surface area contributed by atoms with E-state index in [4.69, 9.17) is 11.6 Å². The van der Waals surface area contributed by atoms with Gasteiger partial charge in [-0.3, -0.25) is 0 Å². The molecule has 0 radical (unpaired) electrons. The fourth-order valence-corrected chi connectivity index (χ4v) is 2.25. The van der Waals surface area contributed by atoms with Gasteiger partial charge in [0.1, 0.15) is 0 Å². The van der Waals surface area contributed by atoms with Crippen LogP contribution in [0.4, 0.5) is 5.82 Å². The highest BCUT2D eigenvalue weighted by atomic mass is 35.5. The monoisotopic (exact) mass is 225 g/mol. The lowest BCUT2D eigenvalue weighted by Gasteiger charge is -2.32. The van der Waals surface area contributed by atoms with Crippen molar-refractivity contribution in [1.29, 1.82) is 0 Å². The first-order chi connectivity index (χ1) is 7.29. The van der Waals surface area contributed by atoms with Gasteiger partial charge in [0, 0.05) is 19.0 Å². The summed E-state index contributed by atoms with van der Waals surface area (Å²) in [5, 5.41) is 8.15. The highest BCUT2D eigenvalue weighted by Gasteiger charge is 2.20. The Morgan fingerprint density at radius 3 is 3.20 bits per heavy atom. The normalized spacial score (nSPS) is 21.7. The smallest absolute Gasteiger partial charge is 0.151 e. The van der Waals surface area contributed by atoms with E-state index in [9.17, 15) is 0 Å². The first kappa shape index (κ1) is 10.7. The second-order valence-electron chi connectivity index (χ2n) is 4.20. The van der Waals surface area contributed by atoms with Gasteiger partial charge in [-0.25, -0.2) is 0 Å². The molecule has 1 saturated heterocycles. The highest BCUT2D eigenvalue weighted by molar-refractivity contribution is 6.18. The number of piperidine rings is 1. The molecule has 82 valence electrons. The summed E-state index contributed by atoms with van der Waals surface area (Å²) in [5.74, 6) is 2.34. The summed E-state index contributed by atoms with van der Waals surface area (Å²) >= 11 is 5.90. The standard InChI is InChI=1S/C11H16ClN3/c1-9-5-11(14-13-7-9)15-4-2-3-10(6-12)8-15/h5,7,10H,2-4,6,8H2,1H3. The molecular formula is C11H16ClN3. The predicted molar refractivity (Wildman–Crippen MR) is 62.4 cm³/mol. The zero-order chi connectivity index (χ0) is 10.7. The Kier molecular flexibility index (Phi) is 3.41. The van der Waals surface area contributed by atoms with Gasteiger partial charge < -0.3 is 4.90 Å². The summed E-state index contributed by atoms with van der Waals surface area (Å²) in [4.78, 5) is 2.29. The topological polar surface area (TPSA) is 29.0 Å². The molecule has 0 saturated carbocycles. The van der Waals surface area contributed by atoms with Crippen LogP contribution in [0.25, 0.3) is 0 Å². The number of nitrogens with zero attached hydrogens (tertiary/aromatic N) is 3. The quantitative estimate of drug-likeness (QED) is 0.723. The number of hydrogen-bond donors (Lipinski definition) is 0. The zero-order valence-electron chi connectivity index (χ0n) is 8.99. The Balaban J connectivity index is 2.09. The Hall–Kier alpha value is -0.830. The van der Waals surface area contributed by atoms with E-state index in [0.717, 1.165) is 30.4 Å². The number of rotatable bonds is 2. The van der Waals surface area contributed by atoms with Gasteiger partial charge in [-0.05, 0) is 37.3 Å². The average Bonchev–Trinajstić information content (AvgIpc) is 2.29. The van der Waals surface area contributed by atoms with Gasteiger partial charge in [-0.1, -0.05) is 0 Å². The van der Waals surface area contributed by atoms with E-state index in [1.807, 2.05) is 6.92 Å². The van der Waals surface area contributed by atoms with Crippen molar-refractivity contribution < 1.29 is 0 Å². The van der Waals surface area contributed by atoms with E-state index in [-0.39, 0.29) is 0 Å². The number of hydrogen-bond acceptors (Lipinski definition) is 3. The zero-order valence-corrected chi connectivity index (χ0v) is 9.74. The van der Waals surface area contributed by atoms with E-state index in [0.29, 0.717) is 5.92 Å². The van der Waals surface area contributed by atoms with Gasteiger partial charge in [0.25, 0.3) is 0 Å². The molecule has 2 rings (SSSR count). The van der Waals surface area contributed by atoms with E-state index in [1.165, 1.54) is 12.8 Å². The first-order valence-corrected chi connectivity index (χ1v) is 5.93. The second kappa shape index (κ2) is 4.79. The maximum Gasteiger partial charge on any atom is 0.151 e. The van der Waals surface area contributed by atoms with Crippen LogP contribution in [-0.2, 0) is 0 Å². The van der Waals surface area contributed by atoms with Crippen LogP contribution in [0.3, 0.4) is 0 Å². The molecule has 0 aliphatic carbocycles. The van der Waals surface area contributed by atoms with Crippen LogP contribution in [0, 0.1) is 12.8 Å². The Morgan fingerprint density at radius 1 is 1.60 bits per heavy atom. The van der Waals surface area contributed by atoms with E-state index in [2.05, 4.69) is 21.2 Å². The largest absolute Gasteiger partial charge is 0.355 e. The molecule has 0 N–H and O–H groups in total. The summed E-state index contributed by atoms with van der Waals surface area (Å²) < 4.78 is 0. The van der Waals surface area contributed by atoms with Gasteiger partial charge in [-0.15, -0.1) is 16.7 Å². The number of aromatic nitrogens is 2. The third kappa shape index (κ3) is 2.59. The molecule has 1 aromatic heterocycles. The van der Waals surface area contributed by atoms with Crippen molar-refractivity contribution in [3.05, 3.63) is 17.8 Å². The minimum atomic E-state index is 0.600. The van der Waals surface area contributed by atoms with Crippen LogP contribution in [-0.4, -0.2) is 29.2 Å². The summed E-state index contributed by atoms with van der Waals surface area (Å²) in [5.41, 5.74) is 1.16. The molecule has 0 amide bonds. The number of anilines is 1. The summed E-state index contributed by atoms with van der Waals surface area (Å²) in [6.07, 6.45) is 4.22. The number of alkyl halides is 1. The maximum atomic E-state index is 5.90. The van der Waals surface area contributed by atoms with Crippen LogP contribution >= 0.6 is 11.6 Å². The maximum absolute atomic E-state index is 5.90. The van der Waals surface area contributed by atoms with Crippen molar-refractivity contribution in [1.82, 2.24) is 10.2 Å². The van der Waals surface area contributed by atoms with Crippen molar-refractivity contribution in [2.24, 2.45) is 5.92 Å². The molecule has 0 bridgehead atoms. The molecule has 3 nitrogen and oxygen atoms in total. The Labute approximate surface area is 95.5 Å². The van der Waals surface area contributed by atoms with Crippen LogP contribution in [0.2, 0.25) is 0 Å². The van der Waals surface area contributed by atoms with Crippen LogP contribution < -0.4 is 4.90 Å². The predicted octanol–water partition coefficient (Wildman–Crippen LogP) is 2.24. The fraction of sp³-hybridized carbons (Fsp3) is 0.636. The van der Waals surface area contributed by atoms with Gasteiger partial charge in [0.15, 0.2) is 5.82 Å². The van der Waals surface area contributed by atoms with Gasteiger partial charge in [-0.2, -0.15) is 5.10 Å². The van der Waals surface area contributed by atoms with E-state index >= 15 is 0 Å². The number of halogens is 1. The minimum absolute atomic E-state index is 0.600. The van der Waals surface area contributed by atoms with Crippen LogP contribution in [0.1, 0.15) is 18.4 Å². The molecule has 1 fully saturated rings. The van der Waals surface area contributed by atoms with Gasteiger partial charge >= 0.3 is 0 Å². The van der Waals surface area contributed by atoms with Crippen molar-refractivity contribution in [3.8, 4) is 0 Å². The molecule has 15 heavy (non-hydrogen) atoms. The molecule has 1 aliphatic rings. The molecule has 4 heteroatoms. The van der Waals surface area contributed by atoms with Crippen molar-refractivity contribution in [2.75, 3.05) is 23.9 Å². The SMILES string of the molecule is Cc1cnnc(N2CCCC(CCl)C2)c1. The van der Waals surface area contributed by atoms with Crippen LogP contribution in [0.15, 0.2) is 12.3 Å². The van der Waals surface area contributed by atoms with Crippen molar-refractivity contribution in [3.63, 3.8) is 0 Å². The molecule has 1 unspecified atom stereocenters. The summed E-state index contributed by atoms with van der Waals surface area (Å²) in [6.45, 7) is 4.13. The lowest BCUT2D eigenvalue weighted by molar-refractivity contribution is 0.448. The average molecular weight is 226 g/mol. The third-order valence-electron chi connectivity index (χ3n) is 2.84. The third-order valence-corrected chi connectivity index (χ3v) is 3.28. The van der Waals surface area contributed by atoms with E-state index < -0.39 is 0 Å². The second-order valence-corrected chi connectivity index (χ2v) is 4.51. The molecule has 1 aliphatic heterocycles. The first-order valence-electron chi connectivity index (χ1n) is 5.40. The lowest BCUT2D eigenvalue weighted by Crippen LogP contribution is -2.36. The van der Waals surface area contributed by atoms with Gasteiger partial charge in [0.05, 0.1) is 6.20 Å². The number of aryl methyl sites for hydroxylation is 1. The van der Waals surface area contributed by atoms with Gasteiger partial charge in [0.2, 0.25) is 0 Å². The molecule has 0 spiro atoms.